The third-order valence-electron chi connectivity index (χ3n) is 2.81. The van der Waals surface area contributed by atoms with Gasteiger partial charge in [0.1, 0.15) is 5.58 Å². The maximum absolute atomic E-state index is 6.46. The van der Waals surface area contributed by atoms with E-state index in [0.717, 1.165) is 23.0 Å². The molecule has 3 rings (SSSR count). The minimum atomic E-state index is -0.0303. The maximum atomic E-state index is 6.46. The van der Waals surface area contributed by atoms with Crippen molar-refractivity contribution in [2.75, 3.05) is 0 Å². The van der Waals surface area contributed by atoms with Gasteiger partial charge in [-0.2, -0.15) is 0 Å². The first-order chi connectivity index (χ1) is 8.34. The quantitative estimate of drug-likeness (QED) is 0.604. The Labute approximate surface area is 109 Å². The molecule has 17 heavy (non-hydrogen) atoms. The predicted octanol–water partition coefficient (Wildman–Crippen LogP) is 5.02. The van der Waals surface area contributed by atoms with Crippen molar-refractivity contribution in [2.24, 2.45) is 0 Å². The van der Waals surface area contributed by atoms with Gasteiger partial charge in [0.25, 0.3) is 0 Å². The van der Waals surface area contributed by atoms with Gasteiger partial charge >= 0.3 is 0 Å². The molecule has 3 aromatic rings. The van der Waals surface area contributed by atoms with Gasteiger partial charge in [0, 0.05) is 22.2 Å². The molecule has 0 aliphatic carbocycles. The zero-order valence-corrected chi connectivity index (χ0v) is 10.7. The van der Waals surface area contributed by atoms with E-state index in [4.69, 9.17) is 16.0 Å². The van der Waals surface area contributed by atoms with Crippen LogP contribution in [0.5, 0.6) is 0 Å². The van der Waals surface area contributed by atoms with Crippen LogP contribution in [0.2, 0.25) is 0 Å². The summed E-state index contributed by atoms with van der Waals surface area (Å²) in [5, 5.41) is 3.16. The molecule has 0 aliphatic heterocycles. The van der Waals surface area contributed by atoms with Crippen molar-refractivity contribution < 1.29 is 4.42 Å². The summed E-state index contributed by atoms with van der Waals surface area (Å²) in [6.45, 7) is 0. The minimum Gasteiger partial charge on any atom is -0.464 e. The van der Waals surface area contributed by atoms with Crippen molar-refractivity contribution in [2.45, 2.75) is 11.8 Å². The Hall–Kier alpha value is -1.25. The van der Waals surface area contributed by atoms with Gasteiger partial charge in [-0.05, 0) is 17.5 Å². The number of hydrogen-bond acceptors (Lipinski definition) is 2. The van der Waals surface area contributed by atoms with Gasteiger partial charge in [-0.3, -0.25) is 0 Å². The molecule has 1 unspecified atom stereocenters. The number of furan rings is 1. The SMILES string of the molecule is ClC(Cc1cccs1)c1coc2ccccc12. The summed E-state index contributed by atoms with van der Waals surface area (Å²) in [6, 6.07) is 12.2. The number of fused-ring (bicyclic) bond motifs is 1. The average molecular weight is 263 g/mol. The van der Waals surface area contributed by atoms with Crippen molar-refractivity contribution in [3.8, 4) is 0 Å². The molecule has 2 aromatic heterocycles. The Bertz CT molecular complexity index is 612. The van der Waals surface area contributed by atoms with Gasteiger partial charge in [-0.15, -0.1) is 22.9 Å². The van der Waals surface area contributed by atoms with Crippen LogP contribution < -0.4 is 0 Å². The zero-order chi connectivity index (χ0) is 11.7. The van der Waals surface area contributed by atoms with Crippen LogP contribution in [0.1, 0.15) is 15.8 Å². The van der Waals surface area contributed by atoms with Gasteiger partial charge in [0.15, 0.2) is 0 Å². The molecule has 0 amide bonds. The smallest absolute Gasteiger partial charge is 0.134 e. The maximum Gasteiger partial charge on any atom is 0.134 e. The Balaban J connectivity index is 1.93. The molecular formula is C14H11ClOS. The van der Waals surface area contributed by atoms with Crippen LogP contribution in [0.15, 0.2) is 52.5 Å². The molecule has 0 fully saturated rings. The number of para-hydroxylation sites is 1. The molecule has 0 N–H and O–H groups in total. The van der Waals surface area contributed by atoms with Gasteiger partial charge in [-0.1, -0.05) is 24.3 Å². The molecule has 0 aliphatic rings. The monoisotopic (exact) mass is 262 g/mol. The van der Waals surface area contributed by atoms with Crippen LogP contribution in [0.4, 0.5) is 0 Å². The Morgan fingerprint density at radius 3 is 2.88 bits per heavy atom. The number of hydrogen-bond donors (Lipinski definition) is 0. The van der Waals surface area contributed by atoms with Crippen LogP contribution in [0.25, 0.3) is 11.0 Å². The summed E-state index contributed by atoms with van der Waals surface area (Å²) in [4.78, 5) is 1.30. The third-order valence-corrected chi connectivity index (χ3v) is 4.10. The zero-order valence-electron chi connectivity index (χ0n) is 9.10. The van der Waals surface area contributed by atoms with E-state index in [1.165, 1.54) is 4.88 Å². The molecule has 86 valence electrons. The molecule has 1 nitrogen and oxygen atoms in total. The molecule has 0 bridgehead atoms. The molecular weight excluding hydrogens is 252 g/mol. The lowest BCUT2D eigenvalue weighted by molar-refractivity contribution is 0.609. The van der Waals surface area contributed by atoms with Crippen molar-refractivity contribution in [1.82, 2.24) is 0 Å². The van der Waals surface area contributed by atoms with E-state index in [9.17, 15) is 0 Å². The fourth-order valence-electron chi connectivity index (χ4n) is 1.96. The normalized spacial score (nSPS) is 13.0. The first-order valence-corrected chi connectivity index (χ1v) is 6.79. The summed E-state index contributed by atoms with van der Waals surface area (Å²) in [5.41, 5.74) is 1.98. The molecule has 0 spiro atoms. The van der Waals surface area contributed by atoms with E-state index in [-0.39, 0.29) is 5.38 Å². The fourth-order valence-corrected chi connectivity index (χ4v) is 3.13. The van der Waals surface area contributed by atoms with Crippen LogP contribution in [0, 0.1) is 0 Å². The third kappa shape index (κ3) is 2.11. The number of rotatable bonds is 3. The van der Waals surface area contributed by atoms with E-state index in [1.54, 1.807) is 17.6 Å². The number of benzene rings is 1. The molecule has 0 saturated carbocycles. The van der Waals surface area contributed by atoms with Crippen molar-refractivity contribution in [1.29, 1.82) is 0 Å². The summed E-state index contributed by atoms with van der Waals surface area (Å²) >= 11 is 8.20. The topological polar surface area (TPSA) is 13.1 Å². The van der Waals surface area contributed by atoms with Crippen molar-refractivity contribution in [3.63, 3.8) is 0 Å². The molecule has 1 atom stereocenters. The lowest BCUT2D eigenvalue weighted by Crippen LogP contribution is -1.92. The first-order valence-electron chi connectivity index (χ1n) is 5.47. The van der Waals surface area contributed by atoms with Gasteiger partial charge in [0.2, 0.25) is 0 Å². The fraction of sp³-hybridized carbons (Fsp3) is 0.143. The van der Waals surface area contributed by atoms with E-state index < -0.39 is 0 Å². The Morgan fingerprint density at radius 2 is 2.06 bits per heavy atom. The minimum absolute atomic E-state index is 0.0303. The second-order valence-corrected chi connectivity index (χ2v) is 5.50. The molecule has 0 radical (unpaired) electrons. The van der Waals surface area contributed by atoms with E-state index in [0.29, 0.717) is 0 Å². The molecule has 2 heterocycles. The van der Waals surface area contributed by atoms with E-state index in [1.807, 2.05) is 18.2 Å². The lowest BCUT2D eigenvalue weighted by atomic mass is 10.1. The summed E-state index contributed by atoms with van der Waals surface area (Å²) in [5.74, 6) is 0. The average Bonchev–Trinajstić information content (AvgIpc) is 2.96. The largest absolute Gasteiger partial charge is 0.464 e. The second-order valence-electron chi connectivity index (χ2n) is 3.94. The molecule has 0 saturated heterocycles. The summed E-state index contributed by atoms with van der Waals surface area (Å²) < 4.78 is 5.51. The second kappa shape index (κ2) is 4.55. The lowest BCUT2D eigenvalue weighted by Gasteiger charge is -2.05. The number of halogens is 1. The van der Waals surface area contributed by atoms with E-state index >= 15 is 0 Å². The van der Waals surface area contributed by atoms with Crippen LogP contribution in [-0.2, 0) is 6.42 Å². The molecule has 1 aromatic carbocycles. The van der Waals surface area contributed by atoms with Gasteiger partial charge in [-0.25, -0.2) is 0 Å². The van der Waals surface area contributed by atoms with Gasteiger partial charge < -0.3 is 4.42 Å². The highest BCUT2D eigenvalue weighted by Gasteiger charge is 2.15. The van der Waals surface area contributed by atoms with Crippen molar-refractivity contribution >= 4 is 33.9 Å². The summed E-state index contributed by atoms with van der Waals surface area (Å²) in [6.07, 6.45) is 2.62. The highest BCUT2D eigenvalue weighted by atomic mass is 35.5. The summed E-state index contributed by atoms with van der Waals surface area (Å²) in [7, 11) is 0. The van der Waals surface area contributed by atoms with Gasteiger partial charge in [0.05, 0.1) is 11.6 Å². The standard InChI is InChI=1S/C14H11ClOS/c15-13(8-10-4-3-7-17-10)12-9-16-14-6-2-1-5-11(12)14/h1-7,9,13H,8H2. The highest BCUT2D eigenvalue weighted by Crippen LogP contribution is 2.33. The van der Waals surface area contributed by atoms with Crippen LogP contribution >= 0.6 is 22.9 Å². The van der Waals surface area contributed by atoms with Crippen LogP contribution in [0.3, 0.4) is 0 Å². The number of thiophene rings is 1. The number of alkyl halides is 1. The van der Waals surface area contributed by atoms with E-state index in [2.05, 4.69) is 23.6 Å². The highest BCUT2D eigenvalue weighted by molar-refractivity contribution is 7.09. The predicted molar refractivity (Wildman–Crippen MR) is 72.8 cm³/mol. The first kappa shape index (κ1) is 10.9. The molecule has 3 heteroatoms. The Morgan fingerprint density at radius 1 is 1.18 bits per heavy atom. The Kier molecular flexibility index (Phi) is 2.91. The van der Waals surface area contributed by atoms with Crippen molar-refractivity contribution in [3.05, 3.63) is 58.5 Å². The van der Waals surface area contributed by atoms with Crippen LogP contribution in [-0.4, -0.2) is 0 Å².